The minimum Gasteiger partial charge on any atom is -0.383 e. The summed E-state index contributed by atoms with van der Waals surface area (Å²) in [6.07, 6.45) is 1.97. The van der Waals surface area contributed by atoms with Crippen molar-refractivity contribution in [2.24, 2.45) is 0 Å². The van der Waals surface area contributed by atoms with Gasteiger partial charge in [0.2, 0.25) is 5.91 Å². The molecule has 0 aliphatic carbocycles. The number of carbonyl (C=O) groups excluding carboxylic acids is 2. The topological polar surface area (TPSA) is 80.6 Å². The van der Waals surface area contributed by atoms with E-state index in [1.54, 1.807) is 43.3 Å². The maximum atomic E-state index is 12.8. The SMILES string of the molecule is C=CC(=O)N(C)c1ccc(C(=O)N2CCc3c(nnn3CCOC)C2)cc1. The molecule has 8 nitrogen and oxygen atoms in total. The Morgan fingerprint density at radius 2 is 2.07 bits per heavy atom. The number of rotatable bonds is 6. The normalized spacial score (nSPS) is 13.2. The van der Waals surface area contributed by atoms with E-state index in [9.17, 15) is 9.59 Å². The molecule has 1 aromatic heterocycles. The van der Waals surface area contributed by atoms with Gasteiger partial charge in [0, 0.05) is 38.4 Å². The number of hydrogen-bond donors (Lipinski definition) is 0. The fourth-order valence-electron chi connectivity index (χ4n) is 3.07. The molecule has 0 saturated carbocycles. The van der Waals surface area contributed by atoms with Gasteiger partial charge in [-0.25, -0.2) is 4.68 Å². The van der Waals surface area contributed by atoms with Gasteiger partial charge < -0.3 is 14.5 Å². The van der Waals surface area contributed by atoms with Crippen LogP contribution in [0.25, 0.3) is 0 Å². The van der Waals surface area contributed by atoms with Crippen LogP contribution in [0.15, 0.2) is 36.9 Å². The van der Waals surface area contributed by atoms with Gasteiger partial charge in [-0.15, -0.1) is 5.10 Å². The zero-order valence-corrected chi connectivity index (χ0v) is 15.6. The molecule has 0 spiro atoms. The van der Waals surface area contributed by atoms with Gasteiger partial charge in [-0.1, -0.05) is 11.8 Å². The van der Waals surface area contributed by atoms with E-state index >= 15 is 0 Å². The summed E-state index contributed by atoms with van der Waals surface area (Å²) in [5.74, 6) is -0.259. The first-order chi connectivity index (χ1) is 13.0. The summed E-state index contributed by atoms with van der Waals surface area (Å²) >= 11 is 0. The molecule has 1 aliphatic rings. The fraction of sp³-hybridized carbons (Fsp3) is 0.368. The van der Waals surface area contributed by atoms with Crippen LogP contribution in [-0.4, -0.2) is 59.0 Å². The number of nitrogens with zero attached hydrogens (tertiary/aromatic N) is 5. The minimum absolute atomic E-state index is 0.0589. The van der Waals surface area contributed by atoms with Crippen LogP contribution >= 0.6 is 0 Å². The molecule has 0 atom stereocenters. The van der Waals surface area contributed by atoms with Crippen LogP contribution in [0.5, 0.6) is 0 Å². The molecule has 2 aromatic rings. The van der Waals surface area contributed by atoms with E-state index in [-0.39, 0.29) is 11.8 Å². The van der Waals surface area contributed by atoms with Gasteiger partial charge in [0.05, 0.1) is 25.4 Å². The Hall–Kier alpha value is -3.00. The lowest BCUT2D eigenvalue weighted by Gasteiger charge is -2.26. The summed E-state index contributed by atoms with van der Waals surface area (Å²) in [7, 11) is 3.32. The second-order valence-corrected chi connectivity index (χ2v) is 6.32. The van der Waals surface area contributed by atoms with Crippen molar-refractivity contribution in [1.82, 2.24) is 19.9 Å². The Balaban J connectivity index is 1.69. The molecule has 1 aliphatic heterocycles. The van der Waals surface area contributed by atoms with E-state index in [1.807, 2.05) is 4.68 Å². The van der Waals surface area contributed by atoms with E-state index in [2.05, 4.69) is 16.9 Å². The molecule has 2 amide bonds. The molecule has 142 valence electrons. The Bertz CT molecular complexity index is 844. The van der Waals surface area contributed by atoms with Gasteiger partial charge >= 0.3 is 0 Å². The summed E-state index contributed by atoms with van der Waals surface area (Å²) in [6.45, 7) is 5.77. The van der Waals surface area contributed by atoms with E-state index in [0.29, 0.717) is 43.9 Å². The number of methoxy groups -OCH3 is 1. The quantitative estimate of drug-likeness (QED) is 0.717. The minimum atomic E-state index is -0.200. The lowest BCUT2D eigenvalue weighted by molar-refractivity contribution is -0.113. The molecule has 1 aromatic carbocycles. The monoisotopic (exact) mass is 369 g/mol. The van der Waals surface area contributed by atoms with Crippen LogP contribution in [0.3, 0.4) is 0 Å². The lowest BCUT2D eigenvalue weighted by Crippen LogP contribution is -2.36. The molecule has 0 N–H and O–H groups in total. The smallest absolute Gasteiger partial charge is 0.254 e. The average Bonchev–Trinajstić information content (AvgIpc) is 3.12. The van der Waals surface area contributed by atoms with Crippen LogP contribution < -0.4 is 4.90 Å². The second kappa shape index (κ2) is 8.13. The molecule has 8 heteroatoms. The number of likely N-dealkylation sites (N-methyl/N-ethyl adjacent to an activating group) is 1. The van der Waals surface area contributed by atoms with Crippen molar-refractivity contribution < 1.29 is 14.3 Å². The van der Waals surface area contributed by atoms with Crippen molar-refractivity contribution in [3.63, 3.8) is 0 Å². The summed E-state index contributed by atoms with van der Waals surface area (Å²) in [5.41, 5.74) is 3.18. The number of ether oxygens (including phenoxy) is 1. The molecule has 27 heavy (non-hydrogen) atoms. The van der Waals surface area contributed by atoms with Crippen LogP contribution in [-0.2, 0) is 29.0 Å². The molecule has 0 saturated heterocycles. The first-order valence-electron chi connectivity index (χ1n) is 8.74. The Morgan fingerprint density at radius 1 is 1.33 bits per heavy atom. The average molecular weight is 369 g/mol. The first kappa shape index (κ1) is 18.8. The zero-order valence-electron chi connectivity index (χ0n) is 15.6. The molecule has 0 fully saturated rings. The van der Waals surface area contributed by atoms with Crippen molar-refractivity contribution in [3.05, 3.63) is 53.9 Å². The molecule has 0 bridgehead atoms. The van der Waals surface area contributed by atoms with Gasteiger partial charge in [0.25, 0.3) is 5.91 Å². The molecule has 2 heterocycles. The van der Waals surface area contributed by atoms with Gasteiger partial charge in [-0.3, -0.25) is 9.59 Å². The highest BCUT2D eigenvalue weighted by Crippen LogP contribution is 2.20. The largest absolute Gasteiger partial charge is 0.383 e. The van der Waals surface area contributed by atoms with E-state index < -0.39 is 0 Å². The van der Waals surface area contributed by atoms with E-state index in [1.165, 1.54) is 11.0 Å². The predicted molar refractivity (Wildman–Crippen MR) is 100 cm³/mol. The Labute approximate surface area is 158 Å². The molecule has 0 unspecified atom stereocenters. The van der Waals surface area contributed by atoms with Gasteiger partial charge in [0.15, 0.2) is 0 Å². The summed E-state index contributed by atoms with van der Waals surface area (Å²) in [5, 5.41) is 8.37. The Kier molecular flexibility index (Phi) is 5.66. The van der Waals surface area contributed by atoms with E-state index in [4.69, 9.17) is 4.74 Å². The van der Waals surface area contributed by atoms with Crippen molar-refractivity contribution in [2.45, 2.75) is 19.5 Å². The predicted octanol–water partition coefficient (Wildman–Crippen LogP) is 1.27. The van der Waals surface area contributed by atoms with Crippen molar-refractivity contribution in [2.75, 3.05) is 32.2 Å². The maximum absolute atomic E-state index is 12.8. The first-order valence-corrected chi connectivity index (χ1v) is 8.74. The Morgan fingerprint density at radius 3 is 2.74 bits per heavy atom. The molecule has 0 radical (unpaired) electrons. The number of hydrogen-bond acceptors (Lipinski definition) is 5. The number of anilines is 1. The van der Waals surface area contributed by atoms with Crippen molar-refractivity contribution in [3.8, 4) is 0 Å². The van der Waals surface area contributed by atoms with Crippen LogP contribution in [0, 0.1) is 0 Å². The number of amides is 2. The van der Waals surface area contributed by atoms with Crippen LogP contribution in [0.1, 0.15) is 21.7 Å². The van der Waals surface area contributed by atoms with Crippen molar-refractivity contribution >= 4 is 17.5 Å². The number of carbonyl (C=O) groups is 2. The highest BCUT2D eigenvalue weighted by Gasteiger charge is 2.26. The van der Waals surface area contributed by atoms with Crippen LogP contribution in [0.2, 0.25) is 0 Å². The highest BCUT2D eigenvalue weighted by atomic mass is 16.5. The molecular formula is C19H23N5O3. The summed E-state index contributed by atoms with van der Waals surface area (Å²) in [4.78, 5) is 27.7. The van der Waals surface area contributed by atoms with E-state index in [0.717, 1.165) is 11.4 Å². The highest BCUT2D eigenvalue weighted by molar-refractivity contribution is 6.01. The maximum Gasteiger partial charge on any atom is 0.254 e. The summed E-state index contributed by atoms with van der Waals surface area (Å²) < 4.78 is 6.94. The zero-order chi connectivity index (χ0) is 19.4. The van der Waals surface area contributed by atoms with Gasteiger partial charge in [-0.2, -0.15) is 0 Å². The third kappa shape index (κ3) is 3.90. The number of fused-ring (bicyclic) bond motifs is 1. The summed E-state index contributed by atoms with van der Waals surface area (Å²) in [6, 6.07) is 6.97. The standard InChI is InChI=1S/C19H23N5O3/c1-4-18(25)22(2)15-7-5-14(6-8-15)19(26)23-10-9-17-16(13-23)20-21-24(17)11-12-27-3/h4-8H,1,9-13H2,2-3H3. The molecule has 3 rings (SSSR count). The molecular weight excluding hydrogens is 346 g/mol. The fourth-order valence-corrected chi connectivity index (χ4v) is 3.07. The number of benzene rings is 1. The van der Waals surface area contributed by atoms with Crippen LogP contribution in [0.4, 0.5) is 5.69 Å². The third-order valence-corrected chi connectivity index (χ3v) is 4.68. The van der Waals surface area contributed by atoms with Gasteiger partial charge in [-0.05, 0) is 30.3 Å². The lowest BCUT2D eigenvalue weighted by atomic mass is 10.1. The third-order valence-electron chi connectivity index (χ3n) is 4.68. The van der Waals surface area contributed by atoms with Gasteiger partial charge in [0.1, 0.15) is 5.69 Å². The second-order valence-electron chi connectivity index (χ2n) is 6.32. The van der Waals surface area contributed by atoms with Crippen molar-refractivity contribution in [1.29, 1.82) is 0 Å². The number of aromatic nitrogens is 3.